The summed E-state index contributed by atoms with van der Waals surface area (Å²) in [6.45, 7) is 8.93. The van der Waals surface area contributed by atoms with Crippen LogP contribution in [0.2, 0.25) is 0 Å². The zero-order chi connectivity index (χ0) is 8.15. The maximum atomic E-state index is 12.1. The Morgan fingerprint density at radius 3 is 2.00 bits per heavy atom. The third-order valence-electron chi connectivity index (χ3n) is 1.24. The normalized spacial score (nSPS) is 13.6. The van der Waals surface area contributed by atoms with Gasteiger partial charge in [0.1, 0.15) is 0 Å². The Kier molecular flexibility index (Phi) is 3.70. The summed E-state index contributed by atoms with van der Waals surface area (Å²) in [6, 6.07) is 0. The van der Waals surface area contributed by atoms with Crippen LogP contribution in [-0.4, -0.2) is 0 Å². The Bertz CT molecular complexity index is 181. The van der Waals surface area contributed by atoms with Crippen LogP contribution in [0.15, 0.2) is 35.7 Å². The van der Waals surface area contributed by atoms with Crippen molar-refractivity contribution < 1.29 is 4.39 Å². The first kappa shape index (κ1) is 9.15. The minimum absolute atomic E-state index is 0.180. The van der Waals surface area contributed by atoms with E-state index in [1.165, 1.54) is 13.0 Å². The van der Waals surface area contributed by atoms with Gasteiger partial charge in [0.2, 0.25) is 0 Å². The monoisotopic (exact) mass is 140 g/mol. The van der Waals surface area contributed by atoms with E-state index < -0.39 is 0 Å². The topological polar surface area (TPSA) is 0 Å². The van der Waals surface area contributed by atoms with E-state index in [1.54, 1.807) is 6.08 Å². The molecule has 0 aliphatic carbocycles. The molecule has 0 aliphatic heterocycles. The lowest BCUT2D eigenvalue weighted by atomic mass is 10.1. The molecule has 0 fully saturated rings. The molecule has 0 rings (SSSR count). The van der Waals surface area contributed by atoms with Gasteiger partial charge in [-0.05, 0) is 32.4 Å². The average molecular weight is 140 g/mol. The van der Waals surface area contributed by atoms with E-state index in [0.717, 1.165) is 11.1 Å². The highest BCUT2D eigenvalue weighted by Crippen LogP contribution is 2.05. The Morgan fingerprint density at radius 2 is 1.70 bits per heavy atom. The van der Waals surface area contributed by atoms with Gasteiger partial charge in [0, 0.05) is 0 Å². The van der Waals surface area contributed by atoms with Crippen LogP contribution in [0.5, 0.6) is 0 Å². The SMILES string of the molecule is C=C(C)/C(C)=C\C=C(/C)F. The number of rotatable bonds is 2. The van der Waals surface area contributed by atoms with Crippen LogP contribution in [0.1, 0.15) is 20.8 Å². The molecule has 0 N–H and O–H groups in total. The molecule has 0 nitrogen and oxygen atoms in total. The second kappa shape index (κ2) is 4.04. The quantitative estimate of drug-likeness (QED) is 0.516. The summed E-state index contributed by atoms with van der Waals surface area (Å²) in [7, 11) is 0. The fourth-order valence-corrected chi connectivity index (χ4v) is 0.382. The maximum absolute atomic E-state index is 12.1. The molecule has 0 saturated carbocycles. The van der Waals surface area contributed by atoms with Gasteiger partial charge >= 0.3 is 0 Å². The molecule has 0 unspecified atom stereocenters. The minimum atomic E-state index is -0.180. The number of hydrogen-bond donors (Lipinski definition) is 0. The van der Waals surface area contributed by atoms with Crippen LogP contribution in [0.3, 0.4) is 0 Å². The van der Waals surface area contributed by atoms with Gasteiger partial charge in [-0.3, -0.25) is 0 Å². The lowest BCUT2D eigenvalue weighted by molar-refractivity contribution is 0.640. The Hall–Kier alpha value is -0.850. The van der Waals surface area contributed by atoms with Gasteiger partial charge in [-0.15, -0.1) is 0 Å². The van der Waals surface area contributed by atoms with Crippen LogP contribution in [0.4, 0.5) is 4.39 Å². The number of halogens is 1. The molecule has 0 atom stereocenters. The van der Waals surface area contributed by atoms with Crippen LogP contribution in [-0.2, 0) is 0 Å². The van der Waals surface area contributed by atoms with Gasteiger partial charge in [0.25, 0.3) is 0 Å². The smallest absolute Gasteiger partial charge is 0.0968 e. The van der Waals surface area contributed by atoms with Crippen molar-refractivity contribution in [2.45, 2.75) is 20.8 Å². The molecule has 0 aromatic carbocycles. The second-order valence-corrected chi connectivity index (χ2v) is 2.38. The van der Waals surface area contributed by atoms with Gasteiger partial charge in [-0.1, -0.05) is 18.2 Å². The molecule has 0 spiro atoms. The fourth-order valence-electron chi connectivity index (χ4n) is 0.382. The van der Waals surface area contributed by atoms with Crippen molar-refractivity contribution in [3.8, 4) is 0 Å². The van der Waals surface area contributed by atoms with E-state index in [4.69, 9.17) is 0 Å². The molecule has 0 aliphatic rings. The van der Waals surface area contributed by atoms with Gasteiger partial charge in [-0.2, -0.15) is 0 Å². The van der Waals surface area contributed by atoms with Crippen molar-refractivity contribution in [1.29, 1.82) is 0 Å². The highest BCUT2D eigenvalue weighted by atomic mass is 19.1. The van der Waals surface area contributed by atoms with Crippen molar-refractivity contribution in [2.75, 3.05) is 0 Å². The molecule has 0 bridgehead atoms. The van der Waals surface area contributed by atoms with Crippen molar-refractivity contribution in [2.24, 2.45) is 0 Å². The lowest BCUT2D eigenvalue weighted by Crippen LogP contribution is -1.73. The summed E-state index contributed by atoms with van der Waals surface area (Å²) in [4.78, 5) is 0. The number of allylic oxidation sites excluding steroid dienone is 5. The highest BCUT2D eigenvalue weighted by molar-refractivity contribution is 5.28. The molecular weight excluding hydrogens is 127 g/mol. The van der Waals surface area contributed by atoms with E-state index in [1.807, 2.05) is 13.8 Å². The van der Waals surface area contributed by atoms with Gasteiger partial charge < -0.3 is 0 Å². The third-order valence-corrected chi connectivity index (χ3v) is 1.24. The average Bonchev–Trinajstić information content (AvgIpc) is 1.82. The summed E-state index contributed by atoms with van der Waals surface area (Å²) < 4.78 is 12.1. The molecule has 10 heavy (non-hydrogen) atoms. The summed E-state index contributed by atoms with van der Waals surface area (Å²) in [5.41, 5.74) is 1.98. The van der Waals surface area contributed by atoms with Crippen LogP contribution < -0.4 is 0 Å². The van der Waals surface area contributed by atoms with Crippen molar-refractivity contribution in [1.82, 2.24) is 0 Å². The van der Waals surface area contributed by atoms with Gasteiger partial charge in [0.05, 0.1) is 5.83 Å². The zero-order valence-corrected chi connectivity index (χ0v) is 6.74. The molecule has 56 valence electrons. The predicted octanol–water partition coefficient (Wildman–Crippen LogP) is 3.38. The van der Waals surface area contributed by atoms with Crippen molar-refractivity contribution in [3.05, 3.63) is 35.7 Å². The van der Waals surface area contributed by atoms with Crippen LogP contribution in [0, 0.1) is 0 Å². The standard InChI is InChI=1S/C9H13F/c1-7(2)8(3)5-6-9(4)10/h5-6H,1H2,2-4H3/b8-5-,9-6+. The van der Waals surface area contributed by atoms with Crippen LogP contribution in [0.25, 0.3) is 0 Å². The molecule has 0 aromatic heterocycles. The van der Waals surface area contributed by atoms with Crippen molar-refractivity contribution in [3.63, 3.8) is 0 Å². The minimum Gasteiger partial charge on any atom is -0.212 e. The largest absolute Gasteiger partial charge is 0.212 e. The molecule has 1 heteroatoms. The third kappa shape index (κ3) is 4.07. The van der Waals surface area contributed by atoms with Crippen LogP contribution >= 0.6 is 0 Å². The Labute approximate surface area is 61.8 Å². The van der Waals surface area contributed by atoms with Gasteiger partial charge in [0.15, 0.2) is 0 Å². The summed E-state index contributed by atoms with van der Waals surface area (Å²) in [6.07, 6.45) is 3.15. The van der Waals surface area contributed by atoms with Crippen molar-refractivity contribution >= 4 is 0 Å². The number of hydrogen-bond acceptors (Lipinski definition) is 0. The van der Waals surface area contributed by atoms with E-state index in [-0.39, 0.29) is 5.83 Å². The van der Waals surface area contributed by atoms with E-state index in [9.17, 15) is 4.39 Å². The second-order valence-electron chi connectivity index (χ2n) is 2.38. The maximum Gasteiger partial charge on any atom is 0.0968 e. The molecule has 0 saturated heterocycles. The molecule has 0 radical (unpaired) electrons. The highest BCUT2D eigenvalue weighted by Gasteiger charge is 1.85. The molecular formula is C9H13F. The first-order chi connectivity index (χ1) is 4.54. The zero-order valence-electron chi connectivity index (χ0n) is 6.74. The lowest BCUT2D eigenvalue weighted by Gasteiger charge is -1.93. The molecule has 0 amide bonds. The molecule has 0 aromatic rings. The summed E-state index contributed by atoms with van der Waals surface area (Å²) in [5, 5.41) is 0. The predicted molar refractivity (Wildman–Crippen MR) is 43.4 cm³/mol. The Morgan fingerprint density at radius 1 is 1.20 bits per heavy atom. The first-order valence-corrected chi connectivity index (χ1v) is 3.20. The summed E-state index contributed by atoms with van der Waals surface area (Å²) in [5.74, 6) is -0.180. The van der Waals surface area contributed by atoms with E-state index in [0.29, 0.717) is 0 Å². The molecule has 0 heterocycles. The fraction of sp³-hybridized carbons (Fsp3) is 0.333. The Balaban J connectivity index is 4.19. The van der Waals surface area contributed by atoms with Gasteiger partial charge in [-0.25, -0.2) is 4.39 Å². The van der Waals surface area contributed by atoms with E-state index >= 15 is 0 Å². The van der Waals surface area contributed by atoms with E-state index in [2.05, 4.69) is 6.58 Å². The summed E-state index contributed by atoms with van der Waals surface area (Å²) >= 11 is 0. The first-order valence-electron chi connectivity index (χ1n) is 3.20.